The number of fused-ring (bicyclic) bond motifs is 2. The summed E-state index contributed by atoms with van der Waals surface area (Å²) in [4.78, 5) is 25.7. The molecule has 158 valence electrons. The molecule has 4 rings (SSSR count). The fraction of sp³-hybridized carbons (Fsp3) is 0.304. The van der Waals surface area contributed by atoms with E-state index in [-0.39, 0.29) is 11.6 Å². The highest BCUT2D eigenvalue weighted by atomic mass is 79.9. The first kappa shape index (κ1) is 22.6. The number of halogens is 2. The zero-order valence-electron chi connectivity index (χ0n) is 16.9. The summed E-state index contributed by atoms with van der Waals surface area (Å²) in [5.74, 6) is 1.60. The number of benzene rings is 2. The summed E-state index contributed by atoms with van der Waals surface area (Å²) in [5.41, 5.74) is 2.13. The van der Waals surface area contributed by atoms with E-state index in [1.165, 1.54) is 0 Å². The van der Waals surface area contributed by atoms with Crippen LogP contribution < -0.4 is 9.47 Å². The lowest BCUT2D eigenvalue weighted by atomic mass is 10.0. The number of Topliss-reactive ketones (excluding diaryl/α,β-unsaturated/α-hetero) is 2. The van der Waals surface area contributed by atoms with Gasteiger partial charge >= 0.3 is 0 Å². The second-order valence-corrected chi connectivity index (χ2v) is 9.03. The smallest absolute Gasteiger partial charge is 0.194 e. The maximum Gasteiger partial charge on any atom is 0.194 e. The van der Waals surface area contributed by atoms with Crippen LogP contribution in [0, 0.1) is 0 Å². The molecule has 0 bridgehead atoms. The lowest BCUT2D eigenvalue weighted by Gasteiger charge is -2.08. The van der Waals surface area contributed by atoms with E-state index in [0.717, 1.165) is 20.9 Å². The van der Waals surface area contributed by atoms with Crippen molar-refractivity contribution in [3.05, 3.63) is 68.2 Å². The van der Waals surface area contributed by atoms with Crippen LogP contribution in [0.4, 0.5) is 0 Å². The van der Waals surface area contributed by atoms with E-state index in [0.29, 0.717) is 48.7 Å². The molecule has 0 N–H and O–H groups in total. The molecule has 30 heavy (non-hydrogen) atoms. The Kier molecular flexibility index (Phi) is 7.72. The Bertz CT molecular complexity index is 985. The summed E-state index contributed by atoms with van der Waals surface area (Å²) in [6, 6.07) is 11.0. The molecule has 2 aromatic carbocycles. The highest BCUT2D eigenvalue weighted by Crippen LogP contribution is 2.30. The van der Waals surface area contributed by atoms with Crippen LogP contribution in [-0.2, 0) is 0 Å². The summed E-state index contributed by atoms with van der Waals surface area (Å²) < 4.78 is 12.9. The molecular formula is C23H23Br2NO4. The third-order valence-electron chi connectivity index (χ3n) is 4.57. The Labute approximate surface area is 193 Å². The van der Waals surface area contributed by atoms with Gasteiger partial charge in [0.15, 0.2) is 11.6 Å². The molecule has 0 spiro atoms. The highest BCUT2D eigenvalue weighted by molar-refractivity contribution is 9.10. The third kappa shape index (κ3) is 5.73. The van der Waals surface area contributed by atoms with Crippen molar-refractivity contribution in [2.24, 2.45) is 0 Å². The molecular weight excluding hydrogens is 514 g/mol. The predicted octanol–water partition coefficient (Wildman–Crippen LogP) is 5.66. The van der Waals surface area contributed by atoms with Gasteiger partial charge in [0, 0.05) is 47.7 Å². The van der Waals surface area contributed by atoms with E-state index in [1.807, 2.05) is 55.5 Å². The van der Waals surface area contributed by atoms with E-state index in [1.54, 1.807) is 6.07 Å². The molecule has 2 aromatic rings. The third-order valence-corrected chi connectivity index (χ3v) is 5.56. The van der Waals surface area contributed by atoms with Crippen LogP contribution in [0.3, 0.4) is 0 Å². The molecule has 0 unspecified atom stereocenters. The molecule has 0 amide bonds. The first-order chi connectivity index (χ1) is 14.3. The maximum absolute atomic E-state index is 12.3. The lowest BCUT2D eigenvalue weighted by Crippen LogP contribution is -2.09. The number of rotatable bonds is 1. The Morgan fingerprint density at radius 2 is 1.47 bits per heavy atom. The Balaban J connectivity index is 0.000000177. The molecule has 0 aromatic heterocycles. The van der Waals surface area contributed by atoms with Gasteiger partial charge in [-0.2, -0.15) is 0 Å². The second kappa shape index (κ2) is 10.3. The van der Waals surface area contributed by atoms with Crippen LogP contribution >= 0.6 is 31.9 Å². The number of nitrogens with zero attached hydrogens (tertiary/aromatic N) is 1. The summed E-state index contributed by atoms with van der Waals surface area (Å²) in [7, 11) is 3.82. The molecule has 0 saturated heterocycles. The zero-order valence-corrected chi connectivity index (χ0v) is 20.1. The number of carbonyl (C=O) groups excluding carboxylic acids is 2. The van der Waals surface area contributed by atoms with Crippen LogP contribution in [0.25, 0.3) is 0 Å². The van der Waals surface area contributed by atoms with Gasteiger partial charge in [-0.25, -0.2) is 0 Å². The molecule has 2 heterocycles. The molecule has 7 heteroatoms. The number of hydrogen-bond donors (Lipinski definition) is 0. The monoisotopic (exact) mass is 535 g/mol. The van der Waals surface area contributed by atoms with E-state index in [4.69, 9.17) is 9.47 Å². The fourth-order valence-corrected chi connectivity index (χ4v) is 3.87. The van der Waals surface area contributed by atoms with Gasteiger partial charge in [0.05, 0.1) is 24.3 Å². The van der Waals surface area contributed by atoms with Gasteiger partial charge in [0.2, 0.25) is 0 Å². The van der Waals surface area contributed by atoms with Crippen molar-refractivity contribution in [3.63, 3.8) is 0 Å². The molecule has 0 fully saturated rings. The Morgan fingerprint density at radius 1 is 0.867 bits per heavy atom. The SMILES string of the molecule is CN(C)/C=C1\CCOc2cc(Br)ccc2C1=O.O=C1CCCOc2cc(Br)ccc21. The van der Waals surface area contributed by atoms with Crippen LogP contribution in [0.5, 0.6) is 11.5 Å². The lowest BCUT2D eigenvalue weighted by molar-refractivity contribution is 0.0981. The Hall–Kier alpha value is -2.12. The van der Waals surface area contributed by atoms with Gasteiger partial charge in [-0.3, -0.25) is 9.59 Å². The number of hydrogen-bond acceptors (Lipinski definition) is 5. The van der Waals surface area contributed by atoms with Gasteiger partial charge in [0.25, 0.3) is 0 Å². The zero-order chi connectivity index (χ0) is 21.7. The molecule has 0 aliphatic carbocycles. The summed E-state index contributed by atoms with van der Waals surface area (Å²) in [6.45, 7) is 1.17. The molecule has 0 radical (unpaired) electrons. The summed E-state index contributed by atoms with van der Waals surface area (Å²) >= 11 is 6.72. The van der Waals surface area contributed by atoms with E-state index >= 15 is 0 Å². The fourth-order valence-electron chi connectivity index (χ4n) is 3.19. The highest BCUT2D eigenvalue weighted by Gasteiger charge is 2.21. The predicted molar refractivity (Wildman–Crippen MR) is 124 cm³/mol. The molecule has 5 nitrogen and oxygen atoms in total. The van der Waals surface area contributed by atoms with Crippen molar-refractivity contribution in [1.29, 1.82) is 0 Å². The minimum atomic E-state index is 0.0544. The molecule has 0 atom stereocenters. The first-order valence-electron chi connectivity index (χ1n) is 9.65. The van der Waals surface area contributed by atoms with Gasteiger partial charge in [0.1, 0.15) is 11.5 Å². The quantitative estimate of drug-likeness (QED) is 0.440. The summed E-state index contributed by atoms with van der Waals surface area (Å²) in [5, 5.41) is 0. The van der Waals surface area contributed by atoms with Crippen LogP contribution in [0.15, 0.2) is 57.1 Å². The molecule has 2 aliphatic rings. The Morgan fingerprint density at radius 3 is 2.13 bits per heavy atom. The average Bonchev–Trinajstić information content (AvgIpc) is 2.96. The van der Waals surface area contributed by atoms with Gasteiger partial charge < -0.3 is 14.4 Å². The standard InChI is InChI=1S/C13H14BrNO2.C10H9BrO2/c1-15(2)8-9-5-6-17-12-7-10(14)3-4-11(12)13(9)16;11-7-3-4-8-9(12)2-1-5-13-10(8)6-7/h3-4,7-8H,5-6H2,1-2H3;3-4,6H,1-2,5H2/b9-8+;. The second-order valence-electron chi connectivity index (χ2n) is 7.20. The topological polar surface area (TPSA) is 55.8 Å². The number of ether oxygens (including phenoxy) is 2. The van der Waals surface area contributed by atoms with Crippen molar-refractivity contribution in [1.82, 2.24) is 4.90 Å². The van der Waals surface area contributed by atoms with Crippen LogP contribution in [0.2, 0.25) is 0 Å². The van der Waals surface area contributed by atoms with Crippen LogP contribution in [-0.4, -0.2) is 43.8 Å². The van der Waals surface area contributed by atoms with E-state index in [9.17, 15) is 9.59 Å². The van der Waals surface area contributed by atoms with E-state index < -0.39 is 0 Å². The first-order valence-corrected chi connectivity index (χ1v) is 11.2. The average molecular weight is 537 g/mol. The minimum absolute atomic E-state index is 0.0544. The number of ketones is 2. The molecule has 2 aliphatic heterocycles. The maximum atomic E-state index is 12.3. The number of carbonyl (C=O) groups is 2. The van der Waals surface area contributed by atoms with Crippen molar-refractivity contribution >= 4 is 43.4 Å². The minimum Gasteiger partial charge on any atom is -0.493 e. The van der Waals surface area contributed by atoms with E-state index in [2.05, 4.69) is 31.9 Å². The van der Waals surface area contributed by atoms with Gasteiger partial charge in [-0.15, -0.1) is 0 Å². The van der Waals surface area contributed by atoms with Gasteiger partial charge in [-0.05, 0) is 42.8 Å². The van der Waals surface area contributed by atoms with Crippen molar-refractivity contribution in [3.8, 4) is 11.5 Å². The van der Waals surface area contributed by atoms with Gasteiger partial charge in [-0.1, -0.05) is 31.9 Å². The molecule has 0 saturated carbocycles. The normalized spacial score (nSPS) is 16.7. The largest absolute Gasteiger partial charge is 0.493 e. The summed E-state index contributed by atoms with van der Waals surface area (Å²) in [6.07, 6.45) is 3.91. The van der Waals surface area contributed by atoms with Crippen molar-refractivity contribution < 1.29 is 19.1 Å². The van der Waals surface area contributed by atoms with Crippen molar-refractivity contribution in [2.45, 2.75) is 19.3 Å². The van der Waals surface area contributed by atoms with Crippen LogP contribution in [0.1, 0.15) is 40.0 Å². The van der Waals surface area contributed by atoms with Crippen molar-refractivity contribution in [2.75, 3.05) is 27.3 Å².